The molecule has 0 aliphatic heterocycles. The molecule has 156 valence electrons. The van der Waals surface area contributed by atoms with E-state index in [0.717, 1.165) is 48.8 Å². The van der Waals surface area contributed by atoms with Crippen molar-refractivity contribution in [3.63, 3.8) is 0 Å². The van der Waals surface area contributed by atoms with Gasteiger partial charge in [0.1, 0.15) is 11.6 Å². The second-order valence-electron chi connectivity index (χ2n) is 8.44. The molecule has 0 spiro atoms. The van der Waals surface area contributed by atoms with Crippen molar-refractivity contribution in [2.75, 3.05) is 19.4 Å². The lowest BCUT2D eigenvalue weighted by Gasteiger charge is -2.36. The standard InChI is InChI=1S/C22H31N5O2/c1-29-20-12-19(27-11-10-21(24)25-22(27)28)7-4-16(20)14-26(13-15-2-3-15)18-8-5-17(23)6-9-18/h4,7,10-12,15,17-18H,2-3,5-6,8-9,13-14,23H2,1H3,(H2,24,25,28). The van der Waals surface area contributed by atoms with Crippen molar-refractivity contribution in [2.45, 2.75) is 57.2 Å². The summed E-state index contributed by atoms with van der Waals surface area (Å²) in [4.78, 5) is 18.6. The molecule has 0 unspecified atom stereocenters. The monoisotopic (exact) mass is 397 g/mol. The third-order valence-electron chi connectivity index (χ3n) is 6.19. The van der Waals surface area contributed by atoms with Gasteiger partial charge in [0.05, 0.1) is 12.8 Å². The molecule has 1 heterocycles. The van der Waals surface area contributed by atoms with Crippen LogP contribution in [0.5, 0.6) is 5.75 Å². The molecular weight excluding hydrogens is 366 g/mol. The molecule has 2 saturated carbocycles. The van der Waals surface area contributed by atoms with Gasteiger partial charge in [-0.3, -0.25) is 9.47 Å². The number of hydrogen-bond acceptors (Lipinski definition) is 6. The van der Waals surface area contributed by atoms with Crippen molar-refractivity contribution >= 4 is 5.82 Å². The van der Waals surface area contributed by atoms with E-state index in [1.807, 2.05) is 12.1 Å². The maximum Gasteiger partial charge on any atom is 0.354 e. The van der Waals surface area contributed by atoms with Crippen LogP contribution < -0.4 is 21.9 Å². The van der Waals surface area contributed by atoms with Gasteiger partial charge in [-0.1, -0.05) is 6.07 Å². The van der Waals surface area contributed by atoms with E-state index in [0.29, 0.717) is 12.1 Å². The molecule has 2 aliphatic rings. The Hall–Kier alpha value is -2.38. The fourth-order valence-electron chi connectivity index (χ4n) is 4.29. The highest BCUT2D eigenvalue weighted by Gasteiger charge is 2.30. The molecule has 0 radical (unpaired) electrons. The highest BCUT2D eigenvalue weighted by Crippen LogP contribution is 2.34. The third-order valence-corrected chi connectivity index (χ3v) is 6.19. The zero-order valence-electron chi connectivity index (χ0n) is 17.1. The normalized spacial score (nSPS) is 22.0. The van der Waals surface area contributed by atoms with Crippen molar-refractivity contribution in [2.24, 2.45) is 11.7 Å². The van der Waals surface area contributed by atoms with Crippen LogP contribution in [0.2, 0.25) is 0 Å². The molecule has 2 fully saturated rings. The fourth-order valence-corrected chi connectivity index (χ4v) is 4.29. The van der Waals surface area contributed by atoms with Crippen LogP contribution in [0.15, 0.2) is 35.3 Å². The van der Waals surface area contributed by atoms with Crippen LogP contribution in [0.25, 0.3) is 5.69 Å². The summed E-state index contributed by atoms with van der Waals surface area (Å²) in [6.45, 7) is 2.00. The number of nitrogens with zero attached hydrogens (tertiary/aromatic N) is 3. The fraction of sp³-hybridized carbons (Fsp3) is 0.545. The number of aromatic nitrogens is 2. The van der Waals surface area contributed by atoms with Crippen LogP contribution in [0, 0.1) is 5.92 Å². The van der Waals surface area contributed by atoms with Crippen molar-refractivity contribution in [1.82, 2.24) is 14.5 Å². The number of nitrogen functional groups attached to an aromatic ring is 1. The summed E-state index contributed by atoms with van der Waals surface area (Å²) in [6, 6.07) is 8.47. The van der Waals surface area contributed by atoms with Gasteiger partial charge in [-0.05, 0) is 56.6 Å². The summed E-state index contributed by atoms with van der Waals surface area (Å²) in [6.07, 6.45) is 8.87. The molecule has 4 rings (SSSR count). The van der Waals surface area contributed by atoms with E-state index < -0.39 is 5.69 Å². The number of benzene rings is 1. The summed E-state index contributed by atoms with van der Waals surface area (Å²) in [7, 11) is 1.68. The summed E-state index contributed by atoms with van der Waals surface area (Å²) in [5.41, 5.74) is 13.2. The van der Waals surface area contributed by atoms with Gasteiger partial charge >= 0.3 is 5.69 Å². The van der Waals surface area contributed by atoms with Crippen molar-refractivity contribution < 1.29 is 4.74 Å². The van der Waals surface area contributed by atoms with E-state index in [1.165, 1.54) is 30.3 Å². The lowest BCUT2D eigenvalue weighted by Crippen LogP contribution is -2.41. The van der Waals surface area contributed by atoms with Gasteiger partial charge in [0.2, 0.25) is 0 Å². The predicted molar refractivity (Wildman–Crippen MR) is 114 cm³/mol. The van der Waals surface area contributed by atoms with E-state index in [9.17, 15) is 4.79 Å². The van der Waals surface area contributed by atoms with Gasteiger partial charge < -0.3 is 16.2 Å². The Balaban J connectivity index is 1.56. The number of ether oxygens (including phenoxy) is 1. The third kappa shape index (κ3) is 4.79. The molecule has 7 nitrogen and oxygen atoms in total. The summed E-state index contributed by atoms with van der Waals surface area (Å²) in [5.74, 6) is 1.84. The van der Waals surface area contributed by atoms with Crippen LogP contribution in [0.3, 0.4) is 0 Å². The van der Waals surface area contributed by atoms with Gasteiger partial charge in [-0.2, -0.15) is 4.98 Å². The maximum atomic E-state index is 12.2. The number of methoxy groups -OCH3 is 1. The first kappa shape index (κ1) is 19.9. The molecule has 4 N–H and O–H groups in total. The molecule has 7 heteroatoms. The van der Waals surface area contributed by atoms with Crippen LogP contribution >= 0.6 is 0 Å². The minimum absolute atomic E-state index is 0.220. The first-order valence-electron chi connectivity index (χ1n) is 10.6. The van der Waals surface area contributed by atoms with Gasteiger partial charge in [0.15, 0.2) is 0 Å². The quantitative estimate of drug-likeness (QED) is 0.744. The molecular formula is C22H31N5O2. The number of hydrogen-bond donors (Lipinski definition) is 2. The van der Waals surface area contributed by atoms with Crippen LogP contribution in [-0.2, 0) is 6.54 Å². The topological polar surface area (TPSA) is 99.4 Å². The van der Waals surface area contributed by atoms with Gasteiger partial charge in [0.25, 0.3) is 0 Å². The average Bonchev–Trinajstić information content (AvgIpc) is 3.53. The molecule has 0 atom stereocenters. The predicted octanol–water partition coefficient (Wildman–Crippen LogP) is 2.31. The molecule has 29 heavy (non-hydrogen) atoms. The Morgan fingerprint density at radius 2 is 1.93 bits per heavy atom. The van der Waals surface area contributed by atoms with E-state index in [2.05, 4.69) is 16.0 Å². The van der Waals surface area contributed by atoms with Crippen molar-refractivity contribution in [3.05, 3.63) is 46.5 Å². The average molecular weight is 398 g/mol. The molecule has 0 saturated heterocycles. The van der Waals surface area contributed by atoms with E-state index >= 15 is 0 Å². The maximum absolute atomic E-state index is 12.2. The second kappa shape index (κ2) is 8.55. The Labute approximate surface area is 171 Å². The zero-order chi connectivity index (χ0) is 20.4. The minimum Gasteiger partial charge on any atom is -0.496 e. The van der Waals surface area contributed by atoms with E-state index in [-0.39, 0.29) is 5.82 Å². The number of anilines is 1. The summed E-state index contributed by atoms with van der Waals surface area (Å²) in [5, 5.41) is 0. The smallest absolute Gasteiger partial charge is 0.354 e. The van der Waals surface area contributed by atoms with E-state index in [1.54, 1.807) is 19.4 Å². The van der Waals surface area contributed by atoms with Gasteiger partial charge in [-0.15, -0.1) is 0 Å². The lowest BCUT2D eigenvalue weighted by atomic mass is 9.90. The second-order valence-corrected chi connectivity index (χ2v) is 8.44. The van der Waals surface area contributed by atoms with Gasteiger partial charge in [-0.25, -0.2) is 4.79 Å². The van der Waals surface area contributed by atoms with Crippen LogP contribution in [0.4, 0.5) is 5.82 Å². The summed E-state index contributed by atoms with van der Waals surface area (Å²) >= 11 is 0. The molecule has 1 aromatic heterocycles. The van der Waals surface area contributed by atoms with Crippen LogP contribution in [0.1, 0.15) is 44.1 Å². The Kier molecular flexibility index (Phi) is 5.87. The zero-order valence-corrected chi connectivity index (χ0v) is 17.1. The molecule has 2 aromatic rings. The van der Waals surface area contributed by atoms with Gasteiger partial charge in [0, 0.05) is 43.0 Å². The van der Waals surface area contributed by atoms with Crippen molar-refractivity contribution in [3.8, 4) is 11.4 Å². The van der Waals surface area contributed by atoms with Crippen LogP contribution in [-0.4, -0.2) is 40.2 Å². The van der Waals surface area contributed by atoms with E-state index in [4.69, 9.17) is 16.2 Å². The Morgan fingerprint density at radius 3 is 2.59 bits per heavy atom. The first-order chi connectivity index (χ1) is 14.0. The number of nitrogens with two attached hydrogens (primary N) is 2. The minimum atomic E-state index is -0.395. The molecule has 0 amide bonds. The van der Waals surface area contributed by atoms with Crippen molar-refractivity contribution in [1.29, 1.82) is 0 Å². The highest BCUT2D eigenvalue weighted by molar-refractivity contribution is 5.45. The largest absolute Gasteiger partial charge is 0.496 e. The molecule has 2 aliphatic carbocycles. The highest BCUT2D eigenvalue weighted by atomic mass is 16.5. The Morgan fingerprint density at radius 1 is 1.17 bits per heavy atom. The molecule has 0 bridgehead atoms. The lowest BCUT2D eigenvalue weighted by molar-refractivity contribution is 0.134. The first-order valence-corrected chi connectivity index (χ1v) is 10.6. The SMILES string of the molecule is COc1cc(-n2ccc(N)nc2=O)ccc1CN(CC1CC1)C1CCC(N)CC1. The summed E-state index contributed by atoms with van der Waals surface area (Å²) < 4.78 is 7.17. The molecule has 1 aromatic carbocycles. The number of rotatable bonds is 7. The Bertz CT molecular complexity index is 900.